The Morgan fingerprint density at radius 3 is 2.00 bits per heavy atom. The maximum Gasteiger partial charge on any atom is 0.223 e. The molecule has 106 valence electrons. The van der Waals surface area contributed by atoms with Crippen LogP contribution >= 0.6 is 7.92 Å². The molecule has 0 spiro atoms. The fourth-order valence-corrected chi connectivity index (χ4v) is 5.62. The highest BCUT2D eigenvalue weighted by Gasteiger charge is 2.24. The standard InChI is InChI=1S/C15H33BNP/c1-4-5-6-7-8-9-10-13-18-14-11-16(12-15-18)17(2)3/h4-15H2,1-3H3. The zero-order valence-electron chi connectivity index (χ0n) is 13.0. The lowest BCUT2D eigenvalue weighted by Gasteiger charge is -2.30. The number of hydrogen-bond donors (Lipinski definition) is 0. The van der Waals surface area contributed by atoms with Crippen LogP contribution in [0.2, 0.25) is 12.6 Å². The maximum atomic E-state index is 2.43. The zero-order chi connectivity index (χ0) is 13.2. The van der Waals surface area contributed by atoms with Crippen molar-refractivity contribution in [1.29, 1.82) is 0 Å². The lowest BCUT2D eigenvalue weighted by Crippen LogP contribution is -2.36. The summed E-state index contributed by atoms with van der Waals surface area (Å²) in [7, 11) is 4.91. The summed E-state index contributed by atoms with van der Waals surface area (Å²) >= 11 is 0. The molecule has 1 heterocycles. The largest absolute Gasteiger partial charge is 0.347 e. The Labute approximate surface area is 117 Å². The third-order valence-electron chi connectivity index (χ3n) is 4.37. The first-order valence-corrected chi connectivity index (χ1v) is 10.0. The van der Waals surface area contributed by atoms with Crippen molar-refractivity contribution in [2.75, 3.05) is 32.6 Å². The first-order chi connectivity index (χ1) is 8.74. The third kappa shape index (κ3) is 7.14. The van der Waals surface area contributed by atoms with E-state index in [0.717, 1.165) is 6.85 Å². The van der Waals surface area contributed by atoms with Crippen LogP contribution in [0.3, 0.4) is 0 Å². The van der Waals surface area contributed by atoms with Gasteiger partial charge in [0.15, 0.2) is 0 Å². The van der Waals surface area contributed by atoms with E-state index >= 15 is 0 Å². The van der Waals surface area contributed by atoms with Crippen molar-refractivity contribution in [3.63, 3.8) is 0 Å². The molecule has 1 nitrogen and oxygen atoms in total. The summed E-state index contributed by atoms with van der Waals surface area (Å²) in [6.45, 7) is 3.19. The van der Waals surface area contributed by atoms with E-state index in [9.17, 15) is 0 Å². The molecule has 3 heteroatoms. The molecular formula is C15H33BNP. The van der Waals surface area contributed by atoms with Crippen LogP contribution in [0, 0.1) is 0 Å². The van der Waals surface area contributed by atoms with Gasteiger partial charge in [-0.15, -0.1) is 7.92 Å². The summed E-state index contributed by atoms with van der Waals surface area (Å²) in [6.07, 6.45) is 17.9. The summed E-state index contributed by atoms with van der Waals surface area (Å²) < 4.78 is 0. The third-order valence-corrected chi connectivity index (χ3v) is 7.10. The minimum Gasteiger partial charge on any atom is -0.347 e. The van der Waals surface area contributed by atoms with Gasteiger partial charge in [-0.1, -0.05) is 58.1 Å². The summed E-state index contributed by atoms with van der Waals surface area (Å²) in [5, 5.41) is 0. The van der Waals surface area contributed by atoms with Gasteiger partial charge in [0.2, 0.25) is 6.85 Å². The van der Waals surface area contributed by atoms with Gasteiger partial charge in [0.25, 0.3) is 0 Å². The van der Waals surface area contributed by atoms with E-state index in [-0.39, 0.29) is 0 Å². The van der Waals surface area contributed by atoms with Gasteiger partial charge in [-0.05, 0) is 39.0 Å². The predicted molar refractivity (Wildman–Crippen MR) is 88.6 cm³/mol. The molecular weight excluding hydrogens is 236 g/mol. The topological polar surface area (TPSA) is 3.24 Å². The smallest absolute Gasteiger partial charge is 0.223 e. The molecule has 18 heavy (non-hydrogen) atoms. The number of nitrogens with zero attached hydrogens (tertiary/aromatic N) is 1. The molecule has 0 amide bonds. The van der Waals surface area contributed by atoms with Crippen molar-refractivity contribution in [3.8, 4) is 0 Å². The summed E-state index contributed by atoms with van der Waals surface area (Å²) in [5.41, 5.74) is 0. The van der Waals surface area contributed by atoms with E-state index in [1.807, 2.05) is 0 Å². The molecule has 0 saturated carbocycles. The molecule has 0 aromatic rings. The molecule has 0 unspecified atom stereocenters. The van der Waals surface area contributed by atoms with Gasteiger partial charge in [-0.25, -0.2) is 0 Å². The maximum absolute atomic E-state index is 2.43. The van der Waals surface area contributed by atoms with Crippen LogP contribution in [0.1, 0.15) is 51.9 Å². The van der Waals surface area contributed by atoms with Gasteiger partial charge in [-0.2, -0.15) is 0 Å². The van der Waals surface area contributed by atoms with E-state index in [0.29, 0.717) is 7.92 Å². The molecule has 1 rings (SSSR count). The van der Waals surface area contributed by atoms with E-state index in [2.05, 4.69) is 25.8 Å². The second-order valence-electron chi connectivity index (χ2n) is 6.16. The van der Waals surface area contributed by atoms with Crippen molar-refractivity contribution in [2.45, 2.75) is 64.5 Å². The van der Waals surface area contributed by atoms with Crippen LogP contribution in [-0.4, -0.2) is 44.2 Å². The predicted octanol–water partition coefficient (Wildman–Crippen LogP) is 4.79. The first-order valence-electron chi connectivity index (χ1n) is 8.12. The lowest BCUT2D eigenvalue weighted by molar-refractivity contribution is 0.602. The van der Waals surface area contributed by atoms with Crippen LogP contribution in [0.15, 0.2) is 0 Å². The van der Waals surface area contributed by atoms with Gasteiger partial charge < -0.3 is 4.81 Å². The van der Waals surface area contributed by atoms with Gasteiger partial charge >= 0.3 is 0 Å². The zero-order valence-corrected chi connectivity index (χ0v) is 13.9. The fourth-order valence-electron chi connectivity index (χ4n) is 2.95. The van der Waals surface area contributed by atoms with Crippen molar-refractivity contribution >= 4 is 14.8 Å². The summed E-state index contributed by atoms with van der Waals surface area (Å²) in [6, 6.07) is 0. The van der Waals surface area contributed by atoms with Crippen molar-refractivity contribution in [1.82, 2.24) is 4.81 Å². The molecule has 1 aliphatic rings. The molecule has 0 bridgehead atoms. The van der Waals surface area contributed by atoms with Crippen LogP contribution in [0.4, 0.5) is 0 Å². The highest BCUT2D eigenvalue weighted by atomic mass is 31.1. The minimum atomic E-state index is 0.423. The monoisotopic (exact) mass is 269 g/mol. The Hall–Kier alpha value is 0.455. The molecule has 0 radical (unpaired) electrons. The quantitative estimate of drug-likeness (QED) is 0.330. The Morgan fingerprint density at radius 1 is 0.889 bits per heavy atom. The van der Waals surface area contributed by atoms with Gasteiger partial charge in [0, 0.05) is 0 Å². The summed E-state index contributed by atoms with van der Waals surface area (Å²) in [5.74, 6) is 0. The van der Waals surface area contributed by atoms with Crippen LogP contribution in [0.25, 0.3) is 0 Å². The van der Waals surface area contributed by atoms with Gasteiger partial charge in [-0.3, -0.25) is 0 Å². The highest BCUT2D eigenvalue weighted by Crippen LogP contribution is 2.43. The normalized spacial score (nSPS) is 17.7. The van der Waals surface area contributed by atoms with Gasteiger partial charge in [0.05, 0.1) is 0 Å². The van der Waals surface area contributed by atoms with E-state index in [1.54, 1.807) is 18.5 Å². The average molecular weight is 269 g/mol. The molecule has 1 fully saturated rings. The Kier molecular flexibility index (Phi) is 9.42. The van der Waals surface area contributed by atoms with E-state index in [4.69, 9.17) is 0 Å². The van der Waals surface area contributed by atoms with E-state index < -0.39 is 0 Å². The highest BCUT2D eigenvalue weighted by molar-refractivity contribution is 7.58. The number of unbranched alkanes of at least 4 members (excludes halogenated alkanes) is 6. The fraction of sp³-hybridized carbons (Fsp3) is 1.00. The molecule has 1 aliphatic heterocycles. The molecule has 0 aromatic heterocycles. The first kappa shape index (κ1) is 16.5. The second kappa shape index (κ2) is 10.3. The Bertz CT molecular complexity index is 191. The van der Waals surface area contributed by atoms with Crippen LogP contribution < -0.4 is 0 Å². The Morgan fingerprint density at radius 2 is 1.44 bits per heavy atom. The molecule has 1 saturated heterocycles. The molecule has 0 aromatic carbocycles. The van der Waals surface area contributed by atoms with Crippen molar-refractivity contribution in [2.24, 2.45) is 0 Å². The molecule has 0 N–H and O–H groups in total. The van der Waals surface area contributed by atoms with Gasteiger partial charge in [0.1, 0.15) is 0 Å². The Balaban J connectivity index is 1.91. The molecule has 0 atom stereocenters. The number of hydrogen-bond acceptors (Lipinski definition) is 1. The number of rotatable bonds is 9. The summed E-state index contributed by atoms with van der Waals surface area (Å²) in [4.78, 5) is 2.43. The lowest BCUT2D eigenvalue weighted by atomic mass is 9.55. The second-order valence-corrected chi connectivity index (χ2v) is 8.84. The SMILES string of the molecule is CCCCCCCCCP1CCB(N(C)C)CC1. The van der Waals surface area contributed by atoms with Crippen LogP contribution in [0.5, 0.6) is 0 Å². The average Bonchev–Trinajstić information content (AvgIpc) is 2.38. The van der Waals surface area contributed by atoms with Crippen molar-refractivity contribution in [3.05, 3.63) is 0 Å². The van der Waals surface area contributed by atoms with Crippen LogP contribution in [-0.2, 0) is 0 Å². The van der Waals surface area contributed by atoms with Crippen molar-refractivity contribution < 1.29 is 0 Å². The van der Waals surface area contributed by atoms with E-state index in [1.165, 1.54) is 57.6 Å². The molecule has 0 aliphatic carbocycles. The minimum absolute atomic E-state index is 0.423.